The Bertz CT molecular complexity index is 462. The van der Waals surface area contributed by atoms with Gasteiger partial charge >= 0.3 is 0 Å². The number of hydrogen-bond acceptors (Lipinski definition) is 4. The molecule has 4 saturated carbocycles. The maximum absolute atomic E-state index is 9.10. The molecule has 0 aliphatic heterocycles. The van der Waals surface area contributed by atoms with Gasteiger partial charge in [0.25, 0.3) is 5.82 Å². The minimum Gasteiger partial charge on any atom is -0.211 e. The van der Waals surface area contributed by atoms with Crippen LogP contribution in [-0.4, -0.2) is 20.2 Å². The second-order valence-electron chi connectivity index (χ2n) is 6.17. The molecule has 0 radical (unpaired) electrons. The monoisotopic (exact) mass is 229 g/mol. The van der Waals surface area contributed by atoms with Gasteiger partial charge in [0.05, 0.1) is 5.54 Å². The van der Waals surface area contributed by atoms with Gasteiger partial charge < -0.3 is 0 Å². The van der Waals surface area contributed by atoms with E-state index in [0.29, 0.717) is 5.82 Å². The van der Waals surface area contributed by atoms with Crippen LogP contribution in [0.25, 0.3) is 0 Å². The third-order valence-corrected chi connectivity index (χ3v) is 5.02. The lowest BCUT2D eigenvalue weighted by Gasteiger charge is -2.56. The van der Waals surface area contributed by atoms with E-state index in [-0.39, 0.29) is 5.54 Å². The molecular formula is C12H15N5. The van der Waals surface area contributed by atoms with E-state index in [1.165, 1.54) is 38.5 Å². The maximum atomic E-state index is 9.10. The molecule has 88 valence electrons. The number of nitrogens with zero attached hydrogens (tertiary/aromatic N) is 5. The molecule has 1 heterocycles. The summed E-state index contributed by atoms with van der Waals surface area (Å²) in [5, 5.41) is 20.7. The van der Waals surface area contributed by atoms with Gasteiger partial charge in [0.15, 0.2) is 0 Å². The third-order valence-electron chi connectivity index (χ3n) is 5.02. The molecule has 5 rings (SSSR count). The van der Waals surface area contributed by atoms with E-state index < -0.39 is 0 Å². The number of nitriles is 1. The standard InChI is InChI=1S/C12H15N5/c13-7-11-14-15-16-17(11)12-4-8-1-9(5-12)3-10(2-8)6-12/h8-10H,1-6H2. The van der Waals surface area contributed by atoms with E-state index in [1.54, 1.807) is 0 Å². The summed E-state index contributed by atoms with van der Waals surface area (Å²) in [6, 6.07) is 2.13. The highest BCUT2D eigenvalue weighted by molar-refractivity contribution is 5.13. The Morgan fingerprint density at radius 1 is 1.12 bits per heavy atom. The van der Waals surface area contributed by atoms with Gasteiger partial charge in [-0.3, -0.25) is 0 Å². The molecule has 17 heavy (non-hydrogen) atoms. The summed E-state index contributed by atoms with van der Waals surface area (Å²) in [5.41, 5.74) is 0.0727. The van der Waals surface area contributed by atoms with Crippen LogP contribution in [-0.2, 0) is 5.54 Å². The zero-order valence-electron chi connectivity index (χ0n) is 9.71. The van der Waals surface area contributed by atoms with Crippen molar-refractivity contribution in [2.45, 2.75) is 44.1 Å². The molecule has 4 aliphatic carbocycles. The van der Waals surface area contributed by atoms with E-state index in [0.717, 1.165) is 17.8 Å². The Kier molecular flexibility index (Phi) is 1.73. The first-order chi connectivity index (χ1) is 8.29. The van der Waals surface area contributed by atoms with Gasteiger partial charge in [0.2, 0.25) is 0 Å². The molecule has 0 unspecified atom stereocenters. The highest BCUT2D eigenvalue weighted by Crippen LogP contribution is 2.58. The van der Waals surface area contributed by atoms with Crippen molar-refractivity contribution in [2.75, 3.05) is 0 Å². The molecule has 4 aliphatic rings. The maximum Gasteiger partial charge on any atom is 0.253 e. The van der Waals surface area contributed by atoms with Crippen molar-refractivity contribution in [3.63, 3.8) is 0 Å². The van der Waals surface area contributed by atoms with Crippen LogP contribution in [0.5, 0.6) is 0 Å². The molecule has 4 fully saturated rings. The summed E-state index contributed by atoms with van der Waals surface area (Å²) in [5.74, 6) is 2.93. The molecule has 5 heteroatoms. The second-order valence-corrected chi connectivity index (χ2v) is 6.17. The second kappa shape index (κ2) is 3.06. The van der Waals surface area contributed by atoms with Crippen molar-refractivity contribution in [3.8, 4) is 6.07 Å². The summed E-state index contributed by atoms with van der Waals surface area (Å²) in [6.07, 6.45) is 7.71. The first-order valence-corrected chi connectivity index (χ1v) is 6.48. The molecule has 0 spiro atoms. The molecule has 5 nitrogen and oxygen atoms in total. The van der Waals surface area contributed by atoms with Crippen molar-refractivity contribution in [1.82, 2.24) is 20.2 Å². The van der Waals surface area contributed by atoms with Crippen LogP contribution in [0.3, 0.4) is 0 Å². The van der Waals surface area contributed by atoms with Gasteiger partial charge in [-0.05, 0) is 66.7 Å². The van der Waals surface area contributed by atoms with Crippen molar-refractivity contribution >= 4 is 0 Å². The molecular weight excluding hydrogens is 214 g/mol. The van der Waals surface area contributed by atoms with E-state index in [4.69, 9.17) is 5.26 Å². The molecule has 0 N–H and O–H groups in total. The quantitative estimate of drug-likeness (QED) is 0.731. The van der Waals surface area contributed by atoms with E-state index in [9.17, 15) is 0 Å². The number of tetrazole rings is 1. The lowest BCUT2D eigenvalue weighted by molar-refractivity contribution is -0.0507. The number of rotatable bonds is 1. The predicted molar refractivity (Wildman–Crippen MR) is 58.7 cm³/mol. The average molecular weight is 229 g/mol. The van der Waals surface area contributed by atoms with E-state index >= 15 is 0 Å². The third kappa shape index (κ3) is 1.21. The highest BCUT2D eigenvalue weighted by Gasteiger charge is 2.53. The number of aromatic nitrogens is 4. The SMILES string of the molecule is N#Cc1nnnn1C12CC3CC(CC(C3)C1)C2. The summed E-state index contributed by atoms with van der Waals surface area (Å²) in [6.45, 7) is 0. The van der Waals surface area contributed by atoms with Crippen LogP contribution in [0.4, 0.5) is 0 Å². The fraction of sp³-hybridized carbons (Fsp3) is 0.833. The van der Waals surface area contributed by atoms with Gasteiger partial charge in [-0.1, -0.05) is 5.10 Å². The predicted octanol–water partition coefficient (Wildman–Crippen LogP) is 1.47. The summed E-state index contributed by atoms with van der Waals surface area (Å²) in [4.78, 5) is 0. The summed E-state index contributed by atoms with van der Waals surface area (Å²) < 4.78 is 1.84. The molecule has 0 saturated heterocycles. The molecule has 1 aromatic rings. The molecule has 0 aromatic carbocycles. The molecule has 0 amide bonds. The largest absolute Gasteiger partial charge is 0.253 e. The highest BCUT2D eigenvalue weighted by atomic mass is 15.6. The minimum absolute atomic E-state index is 0.0727. The fourth-order valence-electron chi connectivity index (χ4n) is 4.90. The minimum atomic E-state index is 0.0727. The Morgan fingerprint density at radius 2 is 1.71 bits per heavy atom. The van der Waals surface area contributed by atoms with E-state index in [2.05, 4.69) is 21.6 Å². The Labute approximate surface area is 99.8 Å². The van der Waals surface area contributed by atoms with Gasteiger partial charge in [0, 0.05) is 0 Å². The molecule has 0 atom stereocenters. The fourth-order valence-corrected chi connectivity index (χ4v) is 4.90. The first-order valence-electron chi connectivity index (χ1n) is 6.48. The van der Waals surface area contributed by atoms with Crippen LogP contribution < -0.4 is 0 Å². The normalized spacial score (nSPS) is 42.6. The van der Waals surface area contributed by atoms with Gasteiger partial charge in [0.1, 0.15) is 6.07 Å². The van der Waals surface area contributed by atoms with Crippen LogP contribution >= 0.6 is 0 Å². The average Bonchev–Trinajstić information content (AvgIpc) is 2.75. The smallest absolute Gasteiger partial charge is 0.211 e. The summed E-state index contributed by atoms with van der Waals surface area (Å²) >= 11 is 0. The van der Waals surface area contributed by atoms with Crippen LogP contribution in [0.2, 0.25) is 0 Å². The zero-order valence-corrected chi connectivity index (χ0v) is 9.71. The molecule has 4 bridgehead atoms. The van der Waals surface area contributed by atoms with Crippen LogP contribution in [0, 0.1) is 29.1 Å². The van der Waals surface area contributed by atoms with Crippen LogP contribution in [0.1, 0.15) is 44.3 Å². The van der Waals surface area contributed by atoms with Crippen molar-refractivity contribution in [2.24, 2.45) is 17.8 Å². The van der Waals surface area contributed by atoms with Gasteiger partial charge in [-0.15, -0.1) is 0 Å². The summed E-state index contributed by atoms with van der Waals surface area (Å²) in [7, 11) is 0. The lowest BCUT2D eigenvalue weighted by Crippen LogP contribution is -2.52. The Morgan fingerprint density at radius 3 is 2.24 bits per heavy atom. The van der Waals surface area contributed by atoms with E-state index in [1.807, 2.05) is 4.68 Å². The van der Waals surface area contributed by atoms with Gasteiger partial charge in [-0.2, -0.15) is 5.26 Å². The molecule has 1 aromatic heterocycles. The van der Waals surface area contributed by atoms with Crippen molar-refractivity contribution in [3.05, 3.63) is 5.82 Å². The zero-order chi connectivity index (χ0) is 11.5. The van der Waals surface area contributed by atoms with Gasteiger partial charge in [-0.25, -0.2) is 4.68 Å². The van der Waals surface area contributed by atoms with Crippen LogP contribution in [0.15, 0.2) is 0 Å². The lowest BCUT2D eigenvalue weighted by atomic mass is 9.53. The van der Waals surface area contributed by atoms with Crippen molar-refractivity contribution < 1.29 is 0 Å². The Hall–Kier alpha value is -1.44. The number of hydrogen-bond donors (Lipinski definition) is 0. The topological polar surface area (TPSA) is 67.4 Å². The Balaban J connectivity index is 1.80. The first kappa shape index (κ1) is 9.58. The van der Waals surface area contributed by atoms with Crippen molar-refractivity contribution in [1.29, 1.82) is 5.26 Å².